The van der Waals surface area contributed by atoms with Crippen LogP contribution in [-0.2, 0) is 0 Å². The van der Waals surface area contributed by atoms with Gasteiger partial charge < -0.3 is 10.5 Å². The Bertz CT molecular complexity index is 412. The third-order valence-corrected chi connectivity index (χ3v) is 2.37. The van der Waals surface area contributed by atoms with Crippen LogP contribution in [0.4, 0.5) is 5.95 Å². The number of rotatable bonds is 1. The minimum Gasteiger partial charge on any atom is -0.480 e. The van der Waals surface area contributed by atoms with E-state index in [4.69, 9.17) is 10.5 Å². The zero-order chi connectivity index (χ0) is 8.55. The highest BCUT2D eigenvalue weighted by molar-refractivity contribution is 7.17. The second kappa shape index (κ2) is 2.60. The van der Waals surface area contributed by atoms with Crippen LogP contribution in [0.25, 0.3) is 10.2 Å². The highest BCUT2D eigenvalue weighted by Gasteiger charge is 2.06. The van der Waals surface area contributed by atoms with Gasteiger partial charge in [0.15, 0.2) is 0 Å². The molecule has 0 saturated heterocycles. The maximum atomic E-state index is 5.46. The maximum Gasteiger partial charge on any atom is 0.236 e. The molecule has 0 saturated carbocycles. The van der Waals surface area contributed by atoms with E-state index in [9.17, 15) is 0 Å². The van der Waals surface area contributed by atoms with Crippen LogP contribution in [0.1, 0.15) is 0 Å². The lowest BCUT2D eigenvalue weighted by Gasteiger charge is -1.99. The third-order valence-electron chi connectivity index (χ3n) is 1.48. The first-order chi connectivity index (χ1) is 5.81. The van der Waals surface area contributed by atoms with E-state index >= 15 is 0 Å². The molecule has 0 aromatic carbocycles. The fraction of sp³-hybridized carbons (Fsp3) is 0.143. The first kappa shape index (κ1) is 7.30. The van der Waals surface area contributed by atoms with Crippen LogP contribution in [0.5, 0.6) is 5.88 Å². The molecular weight excluding hydrogens is 174 g/mol. The fourth-order valence-electron chi connectivity index (χ4n) is 0.992. The van der Waals surface area contributed by atoms with E-state index in [0.29, 0.717) is 5.88 Å². The van der Waals surface area contributed by atoms with Crippen molar-refractivity contribution in [3.8, 4) is 5.88 Å². The Morgan fingerprint density at radius 3 is 3.08 bits per heavy atom. The number of aromatic nitrogens is 2. The number of hydrogen-bond donors (Lipinski definition) is 1. The van der Waals surface area contributed by atoms with Crippen LogP contribution in [0.3, 0.4) is 0 Å². The number of ether oxygens (including phenoxy) is 1. The van der Waals surface area contributed by atoms with Crippen molar-refractivity contribution in [1.82, 2.24) is 9.97 Å². The fourth-order valence-corrected chi connectivity index (χ4v) is 1.79. The standard InChI is InChI=1S/C7H7N3OS/c1-11-6-5-4(2-3-12-5)9-7(8)10-6/h2-3H,1H3,(H2,8,9,10). The largest absolute Gasteiger partial charge is 0.480 e. The molecule has 0 aliphatic rings. The number of nitrogens with two attached hydrogens (primary N) is 1. The van der Waals surface area contributed by atoms with Crippen LogP contribution in [0.2, 0.25) is 0 Å². The van der Waals surface area contributed by atoms with Crippen molar-refractivity contribution in [1.29, 1.82) is 0 Å². The molecule has 0 bridgehead atoms. The van der Waals surface area contributed by atoms with E-state index in [0.717, 1.165) is 10.2 Å². The number of nitrogens with zero attached hydrogens (tertiary/aromatic N) is 2. The summed E-state index contributed by atoms with van der Waals surface area (Å²) in [7, 11) is 1.57. The van der Waals surface area contributed by atoms with E-state index in [2.05, 4.69) is 9.97 Å². The number of hydrogen-bond acceptors (Lipinski definition) is 5. The molecule has 0 atom stereocenters. The molecule has 0 aliphatic heterocycles. The van der Waals surface area contributed by atoms with Gasteiger partial charge in [0.25, 0.3) is 0 Å². The Morgan fingerprint density at radius 2 is 2.33 bits per heavy atom. The van der Waals surface area contributed by atoms with Crippen LogP contribution >= 0.6 is 11.3 Å². The molecule has 4 nitrogen and oxygen atoms in total. The normalized spacial score (nSPS) is 10.4. The van der Waals surface area contributed by atoms with Gasteiger partial charge in [-0.1, -0.05) is 0 Å². The van der Waals surface area contributed by atoms with Gasteiger partial charge in [-0.15, -0.1) is 11.3 Å². The first-order valence-corrected chi connectivity index (χ1v) is 4.24. The van der Waals surface area contributed by atoms with Gasteiger partial charge >= 0.3 is 0 Å². The van der Waals surface area contributed by atoms with Gasteiger partial charge in [0.1, 0.15) is 4.70 Å². The van der Waals surface area contributed by atoms with Gasteiger partial charge in [-0.05, 0) is 11.4 Å². The molecule has 62 valence electrons. The number of thiophene rings is 1. The summed E-state index contributed by atoms with van der Waals surface area (Å²) in [6, 6.07) is 1.89. The summed E-state index contributed by atoms with van der Waals surface area (Å²) in [6.45, 7) is 0. The smallest absolute Gasteiger partial charge is 0.236 e. The first-order valence-electron chi connectivity index (χ1n) is 3.36. The predicted molar refractivity (Wildman–Crippen MR) is 48.4 cm³/mol. The molecule has 0 aliphatic carbocycles. The van der Waals surface area contributed by atoms with Crippen LogP contribution in [0.15, 0.2) is 11.4 Å². The highest BCUT2D eigenvalue weighted by atomic mass is 32.1. The van der Waals surface area contributed by atoms with Crippen molar-refractivity contribution in [2.75, 3.05) is 12.8 Å². The predicted octanol–water partition coefficient (Wildman–Crippen LogP) is 1.28. The van der Waals surface area contributed by atoms with E-state index in [1.54, 1.807) is 18.4 Å². The molecule has 0 amide bonds. The Hall–Kier alpha value is -1.36. The number of fused-ring (bicyclic) bond motifs is 1. The van der Waals surface area contributed by atoms with E-state index in [1.165, 1.54) is 0 Å². The van der Waals surface area contributed by atoms with Crippen molar-refractivity contribution in [2.45, 2.75) is 0 Å². The Labute approximate surface area is 73.0 Å². The van der Waals surface area contributed by atoms with E-state index in [-0.39, 0.29) is 5.95 Å². The molecule has 2 aromatic heterocycles. The van der Waals surface area contributed by atoms with Crippen LogP contribution < -0.4 is 10.5 Å². The summed E-state index contributed by atoms with van der Waals surface area (Å²) >= 11 is 1.54. The summed E-state index contributed by atoms with van der Waals surface area (Å²) in [4.78, 5) is 7.99. The third kappa shape index (κ3) is 0.984. The minimum absolute atomic E-state index is 0.248. The van der Waals surface area contributed by atoms with Gasteiger partial charge in [-0.2, -0.15) is 4.98 Å². The molecule has 12 heavy (non-hydrogen) atoms. The molecule has 0 fully saturated rings. The summed E-state index contributed by atoms with van der Waals surface area (Å²) < 4.78 is 5.98. The Kier molecular flexibility index (Phi) is 1.58. The minimum atomic E-state index is 0.248. The second-order valence-electron chi connectivity index (χ2n) is 2.23. The van der Waals surface area contributed by atoms with Gasteiger partial charge in [-0.25, -0.2) is 4.98 Å². The molecule has 2 rings (SSSR count). The lowest BCUT2D eigenvalue weighted by atomic mass is 10.5. The van der Waals surface area contributed by atoms with Crippen molar-refractivity contribution >= 4 is 27.5 Å². The SMILES string of the molecule is COc1nc(N)nc2ccsc12. The van der Waals surface area contributed by atoms with Crippen molar-refractivity contribution < 1.29 is 4.74 Å². The quantitative estimate of drug-likeness (QED) is 0.720. The molecule has 2 aromatic rings. The molecule has 0 unspecified atom stereocenters. The average Bonchev–Trinajstić information content (AvgIpc) is 2.50. The molecule has 2 heterocycles. The molecule has 5 heteroatoms. The van der Waals surface area contributed by atoms with Crippen LogP contribution in [0, 0.1) is 0 Å². The summed E-state index contributed by atoms with van der Waals surface area (Å²) in [6.07, 6.45) is 0. The zero-order valence-corrected chi connectivity index (χ0v) is 7.26. The van der Waals surface area contributed by atoms with Gasteiger partial charge in [0.05, 0.1) is 12.6 Å². The lowest BCUT2D eigenvalue weighted by Crippen LogP contribution is -1.96. The van der Waals surface area contributed by atoms with Crippen molar-refractivity contribution in [3.63, 3.8) is 0 Å². The zero-order valence-electron chi connectivity index (χ0n) is 6.44. The highest BCUT2D eigenvalue weighted by Crippen LogP contribution is 2.27. The monoisotopic (exact) mass is 181 g/mol. The number of methoxy groups -OCH3 is 1. The number of anilines is 1. The summed E-state index contributed by atoms with van der Waals surface area (Å²) in [5, 5.41) is 1.93. The molecular formula is C7H7N3OS. The lowest BCUT2D eigenvalue weighted by molar-refractivity contribution is 0.404. The molecule has 2 N–H and O–H groups in total. The average molecular weight is 181 g/mol. The topological polar surface area (TPSA) is 61.0 Å². The molecule has 0 radical (unpaired) electrons. The van der Waals surface area contributed by atoms with Gasteiger partial charge in [0, 0.05) is 0 Å². The van der Waals surface area contributed by atoms with E-state index in [1.807, 2.05) is 11.4 Å². The van der Waals surface area contributed by atoms with Gasteiger partial charge in [-0.3, -0.25) is 0 Å². The molecule has 0 spiro atoms. The number of nitrogen functional groups attached to an aromatic ring is 1. The summed E-state index contributed by atoms with van der Waals surface area (Å²) in [5.41, 5.74) is 6.30. The Morgan fingerprint density at radius 1 is 1.50 bits per heavy atom. The van der Waals surface area contributed by atoms with Crippen molar-refractivity contribution in [2.24, 2.45) is 0 Å². The van der Waals surface area contributed by atoms with Crippen LogP contribution in [-0.4, -0.2) is 17.1 Å². The van der Waals surface area contributed by atoms with Gasteiger partial charge in [0.2, 0.25) is 11.8 Å². The second-order valence-corrected chi connectivity index (χ2v) is 3.14. The summed E-state index contributed by atoms with van der Waals surface area (Å²) in [5.74, 6) is 0.797. The Balaban J connectivity index is 2.80. The maximum absolute atomic E-state index is 5.46. The van der Waals surface area contributed by atoms with Crippen molar-refractivity contribution in [3.05, 3.63) is 11.4 Å². The van der Waals surface area contributed by atoms with E-state index < -0.39 is 0 Å².